The monoisotopic (exact) mass is 310 g/mol. The van der Waals surface area contributed by atoms with E-state index in [4.69, 9.17) is 4.74 Å². The van der Waals surface area contributed by atoms with Crippen molar-refractivity contribution in [2.45, 2.75) is 58.5 Å². The molecule has 2 amide bonds. The third-order valence-electron chi connectivity index (χ3n) is 4.57. The Balaban J connectivity index is 1.69. The maximum atomic E-state index is 12.3. The minimum Gasteiger partial charge on any atom is -0.375 e. The number of carbonyl (C=O) groups excluding carboxylic acids is 2. The second-order valence-electron chi connectivity index (χ2n) is 6.89. The lowest BCUT2D eigenvalue weighted by Crippen LogP contribution is -2.46. The average Bonchev–Trinajstić information content (AvgIpc) is 2.90. The summed E-state index contributed by atoms with van der Waals surface area (Å²) < 4.78 is 5.78. The summed E-state index contributed by atoms with van der Waals surface area (Å²) in [6.07, 6.45) is 5.62. The molecule has 2 aliphatic rings. The quantitative estimate of drug-likeness (QED) is 0.723. The second-order valence-corrected chi connectivity index (χ2v) is 6.89. The lowest BCUT2D eigenvalue weighted by molar-refractivity contribution is -0.139. The fourth-order valence-electron chi connectivity index (χ4n) is 3.20. The summed E-state index contributed by atoms with van der Waals surface area (Å²) in [5.41, 5.74) is 0. The molecule has 0 aromatic rings. The van der Waals surface area contributed by atoms with Crippen LogP contribution in [0.1, 0.15) is 52.4 Å². The molecule has 2 fully saturated rings. The molecule has 0 N–H and O–H groups in total. The summed E-state index contributed by atoms with van der Waals surface area (Å²) in [6, 6.07) is 0. The topological polar surface area (TPSA) is 49.9 Å². The van der Waals surface area contributed by atoms with Crippen LogP contribution in [-0.2, 0) is 14.3 Å². The first-order chi connectivity index (χ1) is 10.6. The predicted octanol–water partition coefficient (Wildman–Crippen LogP) is 2.05. The summed E-state index contributed by atoms with van der Waals surface area (Å²) in [6.45, 7) is 7.90. The Morgan fingerprint density at radius 2 is 2.18 bits per heavy atom. The summed E-state index contributed by atoms with van der Waals surface area (Å²) >= 11 is 0. The summed E-state index contributed by atoms with van der Waals surface area (Å²) in [4.78, 5) is 27.6. The van der Waals surface area contributed by atoms with Crippen molar-refractivity contribution in [2.24, 2.45) is 5.92 Å². The molecule has 1 atom stereocenters. The number of amides is 2. The molecule has 0 bridgehead atoms. The highest BCUT2D eigenvalue weighted by Crippen LogP contribution is 2.16. The van der Waals surface area contributed by atoms with E-state index in [-0.39, 0.29) is 17.9 Å². The van der Waals surface area contributed by atoms with Crippen molar-refractivity contribution in [1.29, 1.82) is 0 Å². The zero-order valence-corrected chi connectivity index (χ0v) is 14.1. The lowest BCUT2D eigenvalue weighted by atomic mass is 10.0. The maximum absolute atomic E-state index is 12.3. The fraction of sp³-hybridized carbons (Fsp3) is 0.882. The van der Waals surface area contributed by atoms with Crippen LogP contribution >= 0.6 is 0 Å². The molecule has 5 heteroatoms. The Labute approximate surface area is 134 Å². The van der Waals surface area contributed by atoms with E-state index in [2.05, 4.69) is 13.8 Å². The van der Waals surface area contributed by atoms with E-state index in [1.54, 1.807) is 0 Å². The molecule has 0 saturated carbocycles. The van der Waals surface area contributed by atoms with Gasteiger partial charge in [0.2, 0.25) is 11.8 Å². The van der Waals surface area contributed by atoms with Crippen molar-refractivity contribution in [1.82, 2.24) is 9.80 Å². The number of carbonyl (C=O) groups is 2. The number of rotatable bonds is 7. The van der Waals surface area contributed by atoms with Crippen LogP contribution in [0, 0.1) is 5.92 Å². The van der Waals surface area contributed by atoms with Gasteiger partial charge in [-0.1, -0.05) is 26.7 Å². The van der Waals surface area contributed by atoms with Gasteiger partial charge in [0, 0.05) is 39.0 Å². The first-order valence-corrected chi connectivity index (χ1v) is 8.73. The molecule has 0 radical (unpaired) electrons. The Morgan fingerprint density at radius 3 is 2.86 bits per heavy atom. The standard InChI is InChI=1S/C17H30N2O3/c1-14(2)5-3-6-15-13-19(11-12-22-15)17(21)8-10-18-9-4-7-16(18)20/h14-15H,3-13H2,1-2H3. The lowest BCUT2D eigenvalue weighted by Gasteiger charge is -2.33. The van der Waals surface area contributed by atoms with Crippen molar-refractivity contribution in [3.05, 3.63) is 0 Å². The van der Waals surface area contributed by atoms with Gasteiger partial charge in [-0.15, -0.1) is 0 Å². The second kappa shape index (κ2) is 8.51. The first-order valence-electron chi connectivity index (χ1n) is 8.73. The minimum absolute atomic E-state index is 0.164. The molecule has 5 nitrogen and oxygen atoms in total. The zero-order chi connectivity index (χ0) is 15.9. The van der Waals surface area contributed by atoms with Gasteiger partial charge >= 0.3 is 0 Å². The molecule has 2 aliphatic heterocycles. The molecular formula is C17H30N2O3. The van der Waals surface area contributed by atoms with Crippen molar-refractivity contribution >= 4 is 11.8 Å². The molecule has 2 saturated heterocycles. The summed E-state index contributed by atoms with van der Waals surface area (Å²) in [7, 11) is 0. The number of likely N-dealkylation sites (tertiary alicyclic amines) is 1. The SMILES string of the molecule is CC(C)CCCC1CN(C(=O)CCN2CCCC2=O)CCO1. The Kier molecular flexibility index (Phi) is 6.68. The largest absolute Gasteiger partial charge is 0.375 e. The maximum Gasteiger partial charge on any atom is 0.224 e. The van der Waals surface area contributed by atoms with Gasteiger partial charge in [0.15, 0.2) is 0 Å². The zero-order valence-electron chi connectivity index (χ0n) is 14.1. The third kappa shape index (κ3) is 5.27. The Morgan fingerprint density at radius 1 is 1.36 bits per heavy atom. The van der Waals surface area contributed by atoms with Gasteiger partial charge in [0.1, 0.15) is 0 Å². The van der Waals surface area contributed by atoms with Crippen LogP contribution in [0.25, 0.3) is 0 Å². The van der Waals surface area contributed by atoms with Crippen molar-refractivity contribution in [3.63, 3.8) is 0 Å². The van der Waals surface area contributed by atoms with Crippen LogP contribution < -0.4 is 0 Å². The normalized spacial score (nSPS) is 22.7. The average molecular weight is 310 g/mol. The Hall–Kier alpha value is -1.10. The minimum atomic E-state index is 0.164. The van der Waals surface area contributed by atoms with Gasteiger partial charge in [0.25, 0.3) is 0 Å². The molecule has 2 heterocycles. The fourth-order valence-corrected chi connectivity index (χ4v) is 3.20. The number of nitrogens with zero attached hydrogens (tertiary/aromatic N) is 2. The summed E-state index contributed by atoms with van der Waals surface area (Å²) in [5, 5.41) is 0. The van der Waals surface area contributed by atoms with E-state index in [1.807, 2.05) is 9.80 Å². The molecule has 2 rings (SSSR count). The third-order valence-corrected chi connectivity index (χ3v) is 4.57. The number of hydrogen-bond acceptors (Lipinski definition) is 3. The van der Waals surface area contributed by atoms with Crippen LogP contribution in [0.15, 0.2) is 0 Å². The Bertz CT molecular complexity index is 384. The van der Waals surface area contributed by atoms with Gasteiger partial charge in [-0.3, -0.25) is 9.59 Å². The van der Waals surface area contributed by atoms with Gasteiger partial charge < -0.3 is 14.5 Å². The molecule has 0 aliphatic carbocycles. The van der Waals surface area contributed by atoms with Crippen molar-refractivity contribution < 1.29 is 14.3 Å². The van der Waals surface area contributed by atoms with E-state index in [1.165, 1.54) is 6.42 Å². The highest BCUT2D eigenvalue weighted by Gasteiger charge is 2.26. The number of ether oxygens (including phenoxy) is 1. The molecule has 22 heavy (non-hydrogen) atoms. The van der Waals surface area contributed by atoms with Gasteiger partial charge in [-0.05, 0) is 18.8 Å². The number of hydrogen-bond donors (Lipinski definition) is 0. The van der Waals surface area contributed by atoms with E-state index in [0.29, 0.717) is 39.1 Å². The van der Waals surface area contributed by atoms with Crippen molar-refractivity contribution in [2.75, 3.05) is 32.8 Å². The van der Waals surface area contributed by atoms with E-state index >= 15 is 0 Å². The first kappa shape index (κ1) is 17.3. The molecule has 0 aromatic heterocycles. The smallest absolute Gasteiger partial charge is 0.224 e. The van der Waals surface area contributed by atoms with Crippen LogP contribution in [0.4, 0.5) is 0 Å². The highest BCUT2D eigenvalue weighted by atomic mass is 16.5. The predicted molar refractivity (Wildman–Crippen MR) is 85.4 cm³/mol. The summed E-state index contributed by atoms with van der Waals surface area (Å²) in [5.74, 6) is 1.08. The van der Waals surface area contributed by atoms with E-state index in [9.17, 15) is 9.59 Å². The molecule has 126 valence electrons. The van der Waals surface area contributed by atoms with Crippen LogP contribution in [-0.4, -0.2) is 60.5 Å². The molecule has 1 unspecified atom stereocenters. The molecule has 0 spiro atoms. The van der Waals surface area contributed by atoms with Crippen LogP contribution in [0.2, 0.25) is 0 Å². The van der Waals surface area contributed by atoms with Crippen molar-refractivity contribution in [3.8, 4) is 0 Å². The molecular weight excluding hydrogens is 280 g/mol. The van der Waals surface area contributed by atoms with Gasteiger partial charge in [-0.25, -0.2) is 0 Å². The highest BCUT2D eigenvalue weighted by molar-refractivity contribution is 5.80. The van der Waals surface area contributed by atoms with Crippen LogP contribution in [0.5, 0.6) is 0 Å². The van der Waals surface area contributed by atoms with Gasteiger partial charge in [0.05, 0.1) is 12.7 Å². The van der Waals surface area contributed by atoms with Crippen LogP contribution in [0.3, 0.4) is 0 Å². The number of morpholine rings is 1. The van der Waals surface area contributed by atoms with E-state index < -0.39 is 0 Å². The van der Waals surface area contributed by atoms with Gasteiger partial charge in [-0.2, -0.15) is 0 Å². The van der Waals surface area contributed by atoms with E-state index in [0.717, 1.165) is 31.7 Å². The molecule has 0 aromatic carbocycles.